The van der Waals surface area contributed by atoms with E-state index in [4.69, 9.17) is 18.0 Å². The third-order valence-electron chi connectivity index (χ3n) is 1.16. The Morgan fingerprint density at radius 1 is 1.60 bits per heavy atom. The van der Waals surface area contributed by atoms with Crippen molar-refractivity contribution in [1.82, 2.24) is 9.97 Å². The number of carbonyl (C=O) groups excluding carboxylic acids is 1. The lowest BCUT2D eigenvalue weighted by Crippen LogP contribution is -2.12. The fourth-order valence-electron chi connectivity index (χ4n) is 0.718. The van der Waals surface area contributed by atoms with Crippen LogP contribution in [0.5, 0.6) is 0 Å². The number of H-pyrrole nitrogens is 2. The van der Waals surface area contributed by atoms with Gasteiger partial charge in [0, 0.05) is 5.69 Å². The van der Waals surface area contributed by atoms with Gasteiger partial charge in [-0.15, -0.1) is 0 Å². The topological polar surface area (TPSA) is 74.7 Å². The smallest absolute Gasteiger partial charge is 0.267 e. The quantitative estimate of drug-likeness (QED) is 0.519. The lowest BCUT2D eigenvalue weighted by atomic mass is 10.3. The Bertz CT molecular complexity index is 311. The van der Waals surface area contributed by atoms with Crippen LogP contribution in [0.15, 0.2) is 0 Å². The number of imidazole rings is 1. The lowest BCUT2D eigenvalue weighted by molar-refractivity contribution is 0.0995. The average molecular weight is 157 g/mol. The monoisotopic (exact) mass is 157 g/mol. The molecule has 4 nitrogen and oxygen atoms in total. The Labute approximate surface area is 62.5 Å². The molecule has 1 aromatic rings. The van der Waals surface area contributed by atoms with E-state index in [0.29, 0.717) is 16.2 Å². The molecular weight excluding hydrogens is 150 g/mol. The van der Waals surface area contributed by atoms with Gasteiger partial charge in [-0.2, -0.15) is 0 Å². The van der Waals surface area contributed by atoms with Crippen molar-refractivity contribution >= 4 is 18.1 Å². The maximum Gasteiger partial charge on any atom is 0.267 e. The van der Waals surface area contributed by atoms with Crippen molar-refractivity contribution in [2.24, 2.45) is 5.73 Å². The van der Waals surface area contributed by atoms with Gasteiger partial charge in [0.2, 0.25) is 0 Å². The van der Waals surface area contributed by atoms with Crippen molar-refractivity contribution in [3.05, 3.63) is 16.2 Å². The van der Waals surface area contributed by atoms with E-state index >= 15 is 0 Å². The predicted molar refractivity (Wildman–Crippen MR) is 39.2 cm³/mol. The summed E-state index contributed by atoms with van der Waals surface area (Å²) in [6.45, 7) is 1.73. The molecule has 0 aromatic carbocycles. The van der Waals surface area contributed by atoms with Gasteiger partial charge in [-0.05, 0) is 19.1 Å². The minimum absolute atomic E-state index is 0.352. The molecule has 0 aliphatic heterocycles. The van der Waals surface area contributed by atoms with Crippen molar-refractivity contribution in [3.8, 4) is 0 Å². The molecule has 0 unspecified atom stereocenters. The first kappa shape index (κ1) is 7.01. The van der Waals surface area contributed by atoms with Crippen molar-refractivity contribution < 1.29 is 4.79 Å². The molecule has 0 aliphatic carbocycles. The molecule has 5 heteroatoms. The number of hydrogen-bond donors (Lipinski definition) is 3. The summed E-state index contributed by atoms with van der Waals surface area (Å²) >= 11 is 4.72. The Kier molecular flexibility index (Phi) is 1.58. The van der Waals surface area contributed by atoms with Crippen molar-refractivity contribution in [1.29, 1.82) is 0 Å². The molecule has 0 atom stereocenters. The number of aromatic nitrogens is 2. The van der Waals surface area contributed by atoms with E-state index in [-0.39, 0.29) is 0 Å². The fourth-order valence-corrected chi connectivity index (χ4v) is 0.973. The van der Waals surface area contributed by atoms with Crippen LogP contribution in [0.2, 0.25) is 0 Å². The van der Waals surface area contributed by atoms with Gasteiger partial charge in [0.25, 0.3) is 5.91 Å². The first-order chi connectivity index (χ1) is 4.61. The number of nitrogens with two attached hydrogens (primary N) is 1. The molecular formula is C5H7N3OS. The van der Waals surface area contributed by atoms with Gasteiger partial charge in [0.15, 0.2) is 4.77 Å². The number of primary amides is 1. The van der Waals surface area contributed by atoms with Gasteiger partial charge < -0.3 is 15.7 Å². The van der Waals surface area contributed by atoms with E-state index < -0.39 is 5.91 Å². The number of rotatable bonds is 1. The Hall–Kier alpha value is -1.10. The van der Waals surface area contributed by atoms with Crippen molar-refractivity contribution in [2.45, 2.75) is 6.92 Å². The van der Waals surface area contributed by atoms with Gasteiger partial charge in [0.1, 0.15) is 5.69 Å². The molecule has 0 saturated heterocycles. The van der Waals surface area contributed by atoms with Crippen LogP contribution in [0.25, 0.3) is 0 Å². The largest absolute Gasteiger partial charge is 0.364 e. The van der Waals surface area contributed by atoms with Crippen LogP contribution in [0, 0.1) is 11.7 Å². The molecule has 0 fully saturated rings. The SMILES string of the molecule is Cc1[nH]c(=S)[nH]c1C(N)=O. The molecule has 1 aromatic heterocycles. The fraction of sp³-hybridized carbons (Fsp3) is 0.200. The van der Waals surface area contributed by atoms with E-state index in [1.807, 2.05) is 0 Å². The van der Waals surface area contributed by atoms with E-state index in [0.717, 1.165) is 0 Å². The zero-order chi connectivity index (χ0) is 7.72. The van der Waals surface area contributed by atoms with Crippen LogP contribution in [-0.2, 0) is 0 Å². The number of hydrogen-bond acceptors (Lipinski definition) is 2. The highest BCUT2D eigenvalue weighted by atomic mass is 32.1. The van der Waals surface area contributed by atoms with Crippen LogP contribution < -0.4 is 5.73 Å². The molecule has 0 aliphatic rings. The predicted octanol–water partition coefficient (Wildman–Crippen LogP) is 0.480. The summed E-state index contributed by atoms with van der Waals surface area (Å²) < 4.78 is 0.423. The average Bonchev–Trinajstić information content (AvgIpc) is 2.10. The van der Waals surface area contributed by atoms with Gasteiger partial charge in [-0.25, -0.2) is 0 Å². The van der Waals surface area contributed by atoms with Crippen LogP contribution in [0.3, 0.4) is 0 Å². The van der Waals surface area contributed by atoms with E-state index in [1.54, 1.807) is 6.92 Å². The second-order valence-corrected chi connectivity index (χ2v) is 2.35. The summed E-state index contributed by atoms with van der Waals surface area (Å²) in [7, 11) is 0. The number of aromatic amines is 2. The van der Waals surface area contributed by atoms with Gasteiger partial charge >= 0.3 is 0 Å². The molecule has 0 radical (unpaired) electrons. The Morgan fingerprint density at radius 2 is 2.20 bits per heavy atom. The highest BCUT2D eigenvalue weighted by molar-refractivity contribution is 7.71. The molecule has 1 heterocycles. The minimum atomic E-state index is -0.496. The number of amides is 1. The van der Waals surface area contributed by atoms with E-state index in [1.165, 1.54) is 0 Å². The molecule has 1 rings (SSSR count). The molecule has 0 spiro atoms. The van der Waals surface area contributed by atoms with Gasteiger partial charge in [-0.1, -0.05) is 0 Å². The third-order valence-corrected chi connectivity index (χ3v) is 1.37. The molecule has 0 bridgehead atoms. The standard InChI is InChI=1S/C5H7N3OS/c1-2-3(4(6)9)8-5(10)7-2/h1H3,(H2,6,9)(H2,7,8,10). The van der Waals surface area contributed by atoms with E-state index in [9.17, 15) is 4.79 Å². The third kappa shape index (κ3) is 1.08. The normalized spacial score (nSPS) is 9.70. The Morgan fingerprint density at radius 3 is 2.40 bits per heavy atom. The summed E-state index contributed by atoms with van der Waals surface area (Å²) in [6, 6.07) is 0. The summed E-state index contributed by atoms with van der Waals surface area (Å²) in [5, 5.41) is 0. The molecule has 1 amide bonds. The summed E-state index contributed by atoms with van der Waals surface area (Å²) in [5.74, 6) is -0.496. The van der Waals surface area contributed by atoms with E-state index in [2.05, 4.69) is 9.97 Å². The molecule has 54 valence electrons. The van der Waals surface area contributed by atoms with Crippen LogP contribution >= 0.6 is 12.2 Å². The zero-order valence-corrected chi connectivity index (χ0v) is 6.21. The summed E-state index contributed by atoms with van der Waals surface area (Å²) in [6.07, 6.45) is 0. The summed E-state index contributed by atoms with van der Waals surface area (Å²) in [5.41, 5.74) is 6.02. The molecule has 0 saturated carbocycles. The zero-order valence-electron chi connectivity index (χ0n) is 5.39. The van der Waals surface area contributed by atoms with Crippen LogP contribution in [0.4, 0.5) is 0 Å². The summed E-state index contributed by atoms with van der Waals surface area (Å²) in [4.78, 5) is 15.9. The van der Waals surface area contributed by atoms with Crippen LogP contribution in [0.1, 0.15) is 16.2 Å². The maximum absolute atomic E-state index is 10.6. The Balaban J connectivity index is 3.28. The highest BCUT2D eigenvalue weighted by Gasteiger charge is 2.05. The first-order valence-corrected chi connectivity index (χ1v) is 3.11. The number of carbonyl (C=O) groups is 1. The number of nitrogens with one attached hydrogen (secondary N) is 2. The maximum atomic E-state index is 10.6. The minimum Gasteiger partial charge on any atom is -0.364 e. The van der Waals surface area contributed by atoms with Gasteiger partial charge in [0.05, 0.1) is 0 Å². The second-order valence-electron chi connectivity index (χ2n) is 1.94. The second kappa shape index (κ2) is 2.26. The molecule has 10 heavy (non-hydrogen) atoms. The van der Waals surface area contributed by atoms with Crippen LogP contribution in [-0.4, -0.2) is 15.9 Å². The molecule has 4 N–H and O–H groups in total. The lowest BCUT2D eigenvalue weighted by Gasteiger charge is -1.87. The van der Waals surface area contributed by atoms with Crippen molar-refractivity contribution in [2.75, 3.05) is 0 Å². The highest BCUT2D eigenvalue weighted by Crippen LogP contribution is 1.99. The number of aryl methyl sites for hydroxylation is 1. The first-order valence-electron chi connectivity index (χ1n) is 2.70. The van der Waals surface area contributed by atoms with Crippen molar-refractivity contribution in [3.63, 3.8) is 0 Å². The van der Waals surface area contributed by atoms with Gasteiger partial charge in [-0.3, -0.25) is 4.79 Å².